The number of ether oxygens (including phenoxy) is 2. The predicted octanol–water partition coefficient (Wildman–Crippen LogP) is 1.29. The lowest BCUT2D eigenvalue weighted by Gasteiger charge is -2.32. The van der Waals surface area contributed by atoms with Gasteiger partial charge in [0.25, 0.3) is 0 Å². The van der Waals surface area contributed by atoms with Crippen LogP contribution >= 0.6 is 0 Å². The Bertz CT molecular complexity index is 337. The van der Waals surface area contributed by atoms with Crippen molar-refractivity contribution in [3.05, 3.63) is 0 Å². The van der Waals surface area contributed by atoms with Crippen molar-refractivity contribution in [2.45, 2.75) is 59.0 Å². The van der Waals surface area contributed by atoms with Crippen LogP contribution in [-0.2, 0) is 19.1 Å². The number of carbonyl (C=O) groups excluding carboxylic acids is 2. The largest absolute Gasteiger partial charge is 0.550 e. The van der Waals surface area contributed by atoms with Crippen LogP contribution in [0.3, 0.4) is 0 Å². The van der Waals surface area contributed by atoms with Gasteiger partial charge in [-0.2, -0.15) is 0 Å². The zero-order valence-electron chi connectivity index (χ0n) is 12.6. The molecule has 1 rings (SSSR count). The molecule has 1 aliphatic rings. The molecular weight excluding hydrogens is 260 g/mol. The number of aliphatic carboxylic acids is 1. The fourth-order valence-electron chi connectivity index (χ4n) is 2.24. The third-order valence-electron chi connectivity index (χ3n) is 4.09. The first-order chi connectivity index (χ1) is 9.38. The van der Waals surface area contributed by atoms with Gasteiger partial charge in [-0.05, 0) is 33.1 Å². The lowest BCUT2D eigenvalue weighted by molar-refractivity contribution is -0.316. The van der Waals surface area contributed by atoms with E-state index in [1.54, 1.807) is 0 Å². The highest BCUT2D eigenvalue weighted by Crippen LogP contribution is 2.26. The van der Waals surface area contributed by atoms with E-state index in [0.717, 1.165) is 19.3 Å². The van der Waals surface area contributed by atoms with Crippen LogP contribution in [0, 0.1) is 11.3 Å². The SMILES string of the molecule is CCC(C)(C)C(=O)OCCOC1CCCCC1C(=O)[O-]. The van der Waals surface area contributed by atoms with Crippen molar-refractivity contribution >= 4 is 11.9 Å². The smallest absolute Gasteiger partial charge is 0.311 e. The Morgan fingerprint density at radius 3 is 2.45 bits per heavy atom. The molecule has 0 aliphatic heterocycles. The predicted molar refractivity (Wildman–Crippen MR) is 71.7 cm³/mol. The van der Waals surface area contributed by atoms with E-state index in [9.17, 15) is 14.7 Å². The number of carboxylic acid groups (broad SMARTS) is 1. The van der Waals surface area contributed by atoms with Crippen molar-refractivity contribution in [2.75, 3.05) is 13.2 Å². The third-order valence-corrected chi connectivity index (χ3v) is 4.09. The molecule has 1 aliphatic carbocycles. The van der Waals surface area contributed by atoms with Crippen molar-refractivity contribution in [3.8, 4) is 0 Å². The summed E-state index contributed by atoms with van der Waals surface area (Å²) < 4.78 is 10.7. The van der Waals surface area contributed by atoms with E-state index in [-0.39, 0.29) is 25.3 Å². The quantitative estimate of drug-likeness (QED) is 0.520. The van der Waals surface area contributed by atoms with Crippen molar-refractivity contribution in [2.24, 2.45) is 11.3 Å². The summed E-state index contributed by atoms with van der Waals surface area (Å²) in [6.45, 7) is 6.01. The van der Waals surface area contributed by atoms with Gasteiger partial charge in [-0.3, -0.25) is 4.79 Å². The molecule has 1 fully saturated rings. The minimum atomic E-state index is -1.04. The van der Waals surface area contributed by atoms with Gasteiger partial charge in [0, 0.05) is 11.9 Å². The number of rotatable bonds is 7. The van der Waals surface area contributed by atoms with Crippen LogP contribution < -0.4 is 5.11 Å². The van der Waals surface area contributed by atoms with E-state index in [2.05, 4.69) is 0 Å². The van der Waals surface area contributed by atoms with Gasteiger partial charge in [0.15, 0.2) is 0 Å². The second-order valence-corrected chi connectivity index (χ2v) is 5.99. The Kier molecular flexibility index (Phi) is 6.46. The Morgan fingerprint density at radius 1 is 1.20 bits per heavy atom. The average molecular weight is 285 g/mol. The summed E-state index contributed by atoms with van der Waals surface area (Å²) in [5.74, 6) is -1.82. The minimum Gasteiger partial charge on any atom is -0.550 e. The second-order valence-electron chi connectivity index (χ2n) is 5.99. The Labute approximate surface area is 120 Å². The van der Waals surface area contributed by atoms with Crippen LogP contribution in [0.5, 0.6) is 0 Å². The molecule has 0 bridgehead atoms. The van der Waals surface area contributed by atoms with E-state index in [0.29, 0.717) is 12.8 Å². The number of hydrogen-bond donors (Lipinski definition) is 0. The van der Waals surface area contributed by atoms with Crippen LogP contribution in [-0.4, -0.2) is 31.3 Å². The summed E-state index contributed by atoms with van der Waals surface area (Å²) in [5.41, 5.74) is -0.488. The molecule has 0 aromatic carbocycles. The molecule has 116 valence electrons. The summed E-state index contributed by atoms with van der Waals surface area (Å²) in [6.07, 6.45) is 3.60. The van der Waals surface area contributed by atoms with Gasteiger partial charge < -0.3 is 19.4 Å². The number of carboxylic acids is 1. The van der Waals surface area contributed by atoms with Crippen LogP contribution in [0.15, 0.2) is 0 Å². The molecule has 0 aromatic rings. The standard InChI is InChI=1S/C15H26O5/c1-4-15(2,3)14(18)20-10-9-19-12-8-6-5-7-11(12)13(16)17/h11-12H,4-10H2,1-3H3,(H,16,17)/p-1. The zero-order chi connectivity index (χ0) is 15.2. The first kappa shape index (κ1) is 17.0. The second kappa shape index (κ2) is 7.62. The summed E-state index contributed by atoms with van der Waals surface area (Å²) in [7, 11) is 0. The fraction of sp³-hybridized carbons (Fsp3) is 0.867. The lowest BCUT2D eigenvalue weighted by atomic mass is 9.86. The summed E-state index contributed by atoms with van der Waals surface area (Å²) in [5, 5.41) is 11.0. The third kappa shape index (κ3) is 4.78. The van der Waals surface area contributed by atoms with Gasteiger partial charge >= 0.3 is 5.97 Å². The van der Waals surface area contributed by atoms with Gasteiger partial charge in [0.05, 0.1) is 18.1 Å². The molecule has 2 atom stereocenters. The average Bonchev–Trinajstić information content (AvgIpc) is 2.43. The maximum Gasteiger partial charge on any atom is 0.311 e. The monoisotopic (exact) mass is 285 g/mol. The van der Waals surface area contributed by atoms with Gasteiger partial charge in [0.2, 0.25) is 0 Å². The molecular formula is C15H25O5-. The fourth-order valence-corrected chi connectivity index (χ4v) is 2.24. The molecule has 0 spiro atoms. The molecule has 5 nitrogen and oxygen atoms in total. The zero-order valence-corrected chi connectivity index (χ0v) is 12.6. The molecule has 0 aromatic heterocycles. The van der Waals surface area contributed by atoms with Crippen molar-refractivity contribution < 1.29 is 24.2 Å². The van der Waals surface area contributed by atoms with Crippen molar-refractivity contribution in [1.29, 1.82) is 0 Å². The van der Waals surface area contributed by atoms with E-state index in [1.165, 1.54) is 0 Å². The highest BCUT2D eigenvalue weighted by Gasteiger charge is 2.28. The minimum absolute atomic E-state index is 0.165. The highest BCUT2D eigenvalue weighted by atomic mass is 16.6. The Morgan fingerprint density at radius 2 is 1.85 bits per heavy atom. The normalized spacial score (nSPS) is 23.4. The molecule has 0 N–H and O–H groups in total. The molecule has 0 amide bonds. The summed E-state index contributed by atoms with van der Waals surface area (Å²) in [4.78, 5) is 22.7. The lowest BCUT2D eigenvalue weighted by Crippen LogP contribution is -2.42. The molecule has 0 saturated heterocycles. The number of hydrogen-bond acceptors (Lipinski definition) is 5. The van der Waals surface area contributed by atoms with E-state index >= 15 is 0 Å². The maximum absolute atomic E-state index is 11.7. The topological polar surface area (TPSA) is 75.7 Å². The first-order valence-corrected chi connectivity index (χ1v) is 7.38. The van der Waals surface area contributed by atoms with Crippen molar-refractivity contribution in [3.63, 3.8) is 0 Å². The first-order valence-electron chi connectivity index (χ1n) is 7.38. The van der Waals surface area contributed by atoms with Crippen LogP contribution in [0.2, 0.25) is 0 Å². The van der Waals surface area contributed by atoms with Crippen LogP contribution in [0.1, 0.15) is 52.9 Å². The van der Waals surface area contributed by atoms with Gasteiger partial charge in [-0.15, -0.1) is 0 Å². The van der Waals surface area contributed by atoms with Gasteiger partial charge in [-0.1, -0.05) is 19.8 Å². The molecule has 5 heteroatoms. The maximum atomic E-state index is 11.7. The Hall–Kier alpha value is -1.10. The van der Waals surface area contributed by atoms with Gasteiger partial charge in [-0.25, -0.2) is 0 Å². The van der Waals surface area contributed by atoms with Crippen LogP contribution in [0.4, 0.5) is 0 Å². The van der Waals surface area contributed by atoms with E-state index < -0.39 is 17.3 Å². The molecule has 2 unspecified atom stereocenters. The summed E-state index contributed by atoms with van der Waals surface area (Å²) in [6, 6.07) is 0. The molecule has 0 radical (unpaired) electrons. The van der Waals surface area contributed by atoms with Crippen molar-refractivity contribution in [1.82, 2.24) is 0 Å². The summed E-state index contributed by atoms with van der Waals surface area (Å²) >= 11 is 0. The van der Waals surface area contributed by atoms with Crippen LogP contribution in [0.25, 0.3) is 0 Å². The molecule has 20 heavy (non-hydrogen) atoms. The molecule has 0 heterocycles. The molecule has 1 saturated carbocycles. The highest BCUT2D eigenvalue weighted by molar-refractivity contribution is 5.75. The number of esters is 1. The van der Waals surface area contributed by atoms with E-state index in [1.807, 2.05) is 20.8 Å². The Balaban J connectivity index is 2.29. The van der Waals surface area contributed by atoms with Gasteiger partial charge in [0.1, 0.15) is 6.61 Å². The number of carbonyl (C=O) groups is 2. The van der Waals surface area contributed by atoms with E-state index in [4.69, 9.17) is 9.47 Å².